The molecule has 3 rings (SSSR count). The van der Waals surface area contributed by atoms with Gasteiger partial charge < -0.3 is 11.1 Å². The highest BCUT2D eigenvalue weighted by molar-refractivity contribution is 8.00. The number of primary amides is 1. The number of nitrogens with two attached hydrogens (primary N) is 1. The zero-order chi connectivity index (χ0) is 20.8. The minimum Gasteiger partial charge on any atom is -0.369 e. The molecule has 2 aromatic rings. The van der Waals surface area contributed by atoms with Crippen molar-refractivity contribution < 1.29 is 9.59 Å². The first kappa shape index (κ1) is 21.4. The summed E-state index contributed by atoms with van der Waals surface area (Å²) in [6.07, 6.45) is 2.28. The lowest BCUT2D eigenvalue weighted by molar-refractivity contribution is -0.117. The van der Waals surface area contributed by atoms with Crippen LogP contribution in [0, 0.1) is 0 Å². The molecule has 0 bridgehead atoms. The summed E-state index contributed by atoms with van der Waals surface area (Å²) in [6.45, 7) is 5.50. The lowest BCUT2D eigenvalue weighted by Crippen LogP contribution is -2.34. The van der Waals surface area contributed by atoms with Gasteiger partial charge in [-0.15, -0.1) is 11.8 Å². The molecular formula is C23H29N3O2S. The Labute approximate surface area is 177 Å². The fourth-order valence-corrected chi connectivity index (χ4v) is 3.96. The summed E-state index contributed by atoms with van der Waals surface area (Å²) >= 11 is 1.34. The van der Waals surface area contributed by atoms with Crippen LogP contribution in [0.5, 0.6) is 0 Å². The summed E-state index contributed by atoms with van der Waals surface area (Å²) in [4.78, 5) is 26.9. The molecular weight excluding hydrogens is 382 g/mol. The molecule has 154 valence electrons. The zero-order valence-corrected chi connectivity index (χ0v) is 17.9. The van der Waals surface area contributed by atoms with E-state index in [0.29, 0.717) is 18.5 Å². The maximum atomic E-state index is 12.7. The first-order valence-electron chi connectivity index (χ1n) is 10.0. The molecule has 0 aliphatic heterocycles. The van der Waals surface area contributed by atoms with Crippen molar-refractivity contribution >= 4 is 29.3 Å². The van der Waals surface area contributed by atoms with Crippen molar-refractivity contribution in [1.29, 1.82) is 0 Å². The Bertz CT molecular complexity index is 847. The number of thioether (sulfide) groups is 1. The number of carbonyl (C=O) groups is 2. The largest absolute Gasteiger partial charge is 0.369 e. The molecule has 2 amide bonds. The van der Waals surface area contributed by atoms with Gasteiger partial charge in [0.05, 0.1) is 18.0 Å². The summed E-state index contributed by atoms with van der Waals surface area (Å²) < 4.78 is 0. The average Bonchev–Trinajstić information content (AvgIpc) is 3.52. The van der Waals surface area contributed by atoms with Crippen molar-refractivity contribution in [3.8, 4) is 0 Å². The van der Waals surface area contributed by atoms with E-state index in [1.54, 1.807) is 0 Å². The Hall–Kier alpha value is -2.31. The minimum absolute atomic E-state index is 0.0391. The molecule has 1 saturated carbocycles. The third kappa shape index (κ3) is 6.61. The van der Waals surface area contributed by atoms with Crippen LogP contribution in [0.15, 0.2) is 53.4 Å². The third-order valence-electron chi connectivity index (χ3n) is 4.97. The van der Waals surface area contributed by atoms with Crippen LogP contribution in [0.1, 0.15) is 43.7 Å². The standard InChI is InChI=1S/C23H29N3O2S/c1-16(2)18-9-7-17(8-10-18)13-26(19-11-12-19)14-23(28)25-20-5-3-4-6-21(20)29-15-22(24)27/h3-10,16,19H,11-15H2,1-2H3,(H2,24,27)(H,25,28). The molecule has 0 heterocycles. The van der Waals surface area contributed by atoms with Crippen LogP contribution in [0.3, 0.4) is 0 Å². The second kappa shape index (κ2) is 9.94. The van der Waals surface area contributed by atoms with Crippen LogP contribution in [0.25, 0.3) is 0 Å². The molecule has 0 atom stereocenters. The van der Waals surface area contributed by atoms with Gasteiger partial charge in [-0.2, -0.15) is 0 Å². The number of nitrogens with one attached hydrogen (secondary N) is 1. The second-order valence-corrected chi connectivity index (χ2v) is 8.85. The van der Waals surface area contributed by atoms with Gasteiger partial charge in [0.2, 0.25) is 11.8 Å². The number of rotatable bonds is 10. The van der Waals surface area contributed by atoms with E-state index in [1.807, 2.05) is 24.3 Å². The number of anilines is 1. The Morgan fingerprint density at radius 1 is 1.14 bits per heavy atom. The number of carbonyl (C=O) groups excluding carboxylic acids is 2. The van der Waals surface area contributed by atoms with E-state index in [4.69, 9.17) is 5.73 Å². The number of para-hydroxylation sites is 1. The molecule has 2 aromatic carbocycles. The van der Waals surface area contributed by atoms with Crippen LogP contribution in [0.2, 0.25) is 0 Å². The number of benzene rings is 2. The SMILES string of the molecule is CC(C)c1ccc(CN(CC(=O)Nc2ccccc2SCC(N)=O)C2CC2)cc1. The molecule has 3 N–H and O–H groups in total. The van der Waals surface area contributed by atoms with Gasteiger partial charge in [-0.1, -0.05) is 50.2 Å². The van der Waals surface area contributed by atoms with Crippen LogP contribution in [0.4, 0.5) is 5.69 Å². The number of hydrogen-bond donors (Lipinski definition) is 2. The molecule has 5 nitrogen and oxygen atoms in total. The van der Waals surface area contributed by atoms with E-state index in [0.717, 1.165) is 30.0 Å². The zero-order valence-electron chi connectivity index (χ0n) is 17.1. The second-order valence-electron chi connectivity index (χ2n) is 7.83. The van der Waals surface area contributed by atoms with Gasteiger partial charge in [0, 0.05) is 17.5 Å². The summed E-state index contributed by atoms with van der Waals surface area (Å²) in [5.74, 6) is 0.289. The minimum atomic E-state index is -0.375. The van der Waals surface area contributed by atoms with Crippen molar-refractivity contribution in [2.75, 3.05) is 17.6 Å². The smallest absolute Gasteiger partial charge is 0.238 e. The van der Waals surface area contributed by atoms with Gasteiger partial charge in [0.1, 0.15) is 0 Å². The molecule has 0 unspecified atom stereocenters. The average molecular weight is 412 g/mol. The predicted molar refractivity (Wildman–Crippen MR) is 119 cm³/mol. The molecule has 1 aliphatic rings. The van der Waals surface area contributed by atoms with E-state index in [9.17, 15) is 9.59 Å². The Morgan fingerprint density at radius 3 is 2.45 bits per heavy atom. The van der Waals surface area contributed by atoms with E-state index >= 15 is 0 Å². The van der Waals surface area contributed by atoms with E-state index in [-0.39, 0.29) is 17.6 Å². The molecule has 0 radical (unpaired) electrons. The van der Waals surface area contributed by atoms with Crippen LogP contribution >= 0.6 is 11.8 Å². The highest BCUT2D eigenvalue weighted by Gasteiger charge is 2.30. The first-order valence-corrected chi connectivity index (χ1v) is 11.0. The molecule has 6 heteroatoms. The molecule has 29 heavy (non-hydrogen) atoms. The van der Waals surface area contributed by atoms with E-state index in [2.05, 4.69) is 48.3 Å². The molecule has 0 spiro atoms. The number of nitrogens with zero attached hydrogens (tertiary/aromatic N) is 1. The quantitative estimate of drug-likeness (QED) is 0.580. The molecule has 1 aliphatic carbocycles. The normalized spacial score (nSPS) is 13.7. The summed E-state index contributed by atoms with van der Waals surface area (Å²) in [5.41, 5.74) is 8.52. The van der Waals surface area contributed by atoms with Crippen molar-refractivity contribution in [3.63, 3.8) is 0 Å². The summed E-state index contributed by atoms with van der Waals surface area (Å²) in [7, 11) is 0. The van der Waals surface area contributed by atoms with Crippen LogP contribution in [-0.2, 0) is 16.1 Å². The van der Waals surface area contributed by atoms with Gasteiger partial charge in [-0.25, -0.2) is 0 Å². The molecule has 0 saturated heterocycles. The van der Waals surface area contributed by atoms with Crippen LogP contribution < -0.4 is 11.1 Å². The maximum absolute atomic E-state index is 12.7. The summed E-state index contributed by atoms with van der Waals surface area (Å²) in [6, 6.07) is 16.7. The fraction of sp³-hybridized carbons (Fsp3) is 0.391. The topological polar surface area (TPSA) is 75.4 Å². The highest BCUT2D eigenvalue weighted by Crippen LogP contribution is 2.30. The highest BCUT2D eigenvalue weighted by atomic mass is 32.2. The Balaban J connectivity index is 1.61. The van der Waals surface area contributed by atoms with Crippen LogP contribution in [-0.4, -0.2) is 35.1 Å². The summed E-state index contributed by atoms with van der Waals surface area (Å²) in [5, 5.41) is 3.00. The van der Waals surface area contributed by atoms with Gasteiger partial charge in [-0.3, -0.25) is 14.5 Å². The van der Waals surface area contributed by atoms with Crippen molar-refractivity contribution in [1.82, 2.24) is 4.90 Å². The van der Waals surface area contributed by atoms with E-state index in [1.165, 1.54) is 22.9 Å². The third-order valence-corrected chi connectivity index (χ3v) is 6.07. The van der Waals surface area contributed by atoms with E-state index < -0.39 is 0 Å². The van der Waals surface area contributed by atoms with Gasteiger partial charge >= 0.3 is 0 Å². The fourth-order valence-electron chi connectivity index (χ4n) is 3.22. The van der Waals surface area contributed by atoms with Gasteiger partial charge in [0.15, 0.2) is 0 Å². The maximum Gasteiger partial charge on any atom is 0.238 e. The van der Waals surface area contributed by atoms with Crippen molar-refractivity contribution in [2.45, 2.75) is 50.1 Å². The lowest BCUT2D eigenvalue weighted by Gasteiger charge is -2.22. The predicted octanol–water partition coefficient (Wildman–Crippen LogP) is 3.99. The number of amides is 2. The molecule has 1 fully saturated rings. The Morgan fingerprint density at radius 2 is 1.83 bits per heavy atom. The van der Waals surface area contributed by atoms with Crippen molar-refractivity contribution in [2.24, 2.45) is 5.73 Å². The monoisotopic (exact) mass is 411 g/mol. The molecule has 0 aromatic heterocycles. The lowest BCUT2D eigenvalue weighted by atomic mass is 10.0. The first-order chi connectivity index (χ1) is 13.9. The van der Waals surface area contributed by atoms with Gasteiger partial charge in [0.25, 0.3) is 0 Å². The van der Waals surface area contributed by atoms with Gasteiger partial charge in [-0.05, 0) is 42.0 Å². The van der Waals surface area contributed by atoms with Crippen molar-refractivity contribution in [3.05, 3.63) is 59.7 Å². The Kier molecular flexibility index (Phi) is 7.34. The number of hydrogen-bond acceptors (Lipinski definition) is 4.